The number of esters is 1. The molecule has 0 saturated carbocycles. The molecule has 142 valence electrons. The van der Waals surface area contributed by atoms with Crippen LogP contribution in [0.5, 0.6) is 0 Å². The summed E-state index contributed by atoms with van der Waals surface area (Å²) in [5, 5.41) is 9.10. The summed E-state index contributed by atoms with van der Waals surface area (Å²) in [6.45, 7) is 1.93. The highest BCUT2D eigenvalue weighted by molar-refractivity contribution is 8.14. The van der Waals surface area contributed by atoms with Crippen molar-refractivity contribution in [3.05, 3.63) is 63.1 Å². The molecule has 0 bridgehead atoms. The predicted molar refractivity (Wildman–Crippen MR) is 112 cm³/mol. The van der Waals surface area contributed by atoms with Crippen molar-refractivity contribution in [2.24, 2.45) is 0 Å². The Morgan fingerprint density at radius 2 is 1.81 bits per heavy atom. The summed E-state index contributed by atoms with van der Waals surface area (Å²) in [7, 11) is 0. The molecule has 9 heteroatoms. The van der Waals surface area contributed by atoms with Crippen molar-refractivity contribution in [3.63, 3.8) is 0 Å². The summed E-state index contributed by atoms with van der Waals surface area (Å²) in [5.41, 5.74) is 0.544. The maximum Gasteiger partial charge on any atom is 0.316 e. The number of carbonyl (C=O) groups excluding carboxylic acids is 2. The van der Waals surface area contributed by atoms with Crippen LogP contribution in [-0.4, -0.2) is 29.4 Å². The molecule has 5 nitrogen and oxygen atoms in total. The van der Waals surface area contributed by atoms with Gasteiger partial charge in [0.15, 0.2) is 5.17 Å². The predicted octanol–water partition coefficient (Wildman–Crippen LogP) is 5.52. The van der Waals surface area contributed by atoms with E-state index in [1.807, 2.05) is 0 Å². The van der Waals surface area contributed by atoms with E-state index in [2.05, 4.69) is 0 Å². The lowest BCUT2D eigenvalue weighted by Gasteiger charge is -2.23. The van der Waals surface area contributed by atoms with E-state index < -0.39 is 11.9 Å². The lowest BCUT2D eigenvalue weighted by Crippen LogP contribution is -2.35. The van der Waals surface area contributed by atoms with Crippen LogP contribution in [0.1, 0.15) is 17.3 Å². The molecule has 27 heavy (non-hydrogen) atoms. The molecule has 0 saturated heterocycles. The van der Waals surface area contributed by atoms with Crippen LogP contribution in [0.15, 0.2) is 42.5 Å². The van der Waals surface area contributed by atoms with Crippen LogP contribution in [0.3, 0.4) is 0 Å². The monoisotopic (exact) mass is 444 g/mol. The maximum atomic E-state index is 13.1. The number of thioether (sulfide) groups is 1. The molecule has 0 radical (unpaired) electrons. The van der Waals surface area contributed by atoms with Crippen LogP contribution >= 0.6 is 46.6 Å². The highest BCUT2D eigenvalue weighted by Gasteiger charge is 2.25. The number of hydrogen-bond acceptors (Lipinski definition) is 5. The molecule has 0 heterocycles. The molecular weight excluding hydrogens is 431 g/mol. The molecule has 2 aromatic rings. The van der Waals surface area contributed by atoms with Crippen molar-refractivity contribution in [2.45, 2.75) is 6.92 Å². The molecule has 2 aromatic carbocycles. The highest BCUT2D eigenvalue weighted by atomic mass is 35.5. The van der Waals surface area contributed by atoms with Gasteiger partial charge in [0, 0.05) is 10.0 Å². The number of nitrogens with one attached hydrogen (secondary N) is 1. The Kier molecular flexibility index (Phi) is 7.98. The molecule has 1 amide bonds. The summed E-state index contributed by atoms with van der Waals surface area (Å²) in [5.74, 6) is -1.12. The first kappa shape index (κ1) is 21.6. The Labute approximate surface area is 176 Å². The maximum absolute atomic E-state index is 13.1. The first-order chi connectivity index (χ1) is 12.8. The molecule has 2 rings (SSSR count). The molecule has 0 fully saturated rings. The number of hydrogen-bond donors (Lipinski definition) is 1. The zero-order valence-electron chi connectivity index (χ0n) is 14.2. The minimum absolute atomic E-state index is 0.106. The van der Waals surface area contributed by atoms with Crippen molar-refractivity contribution >= 4 is 69.3 Å². The smallest absolute Gasteiger partial charge is 0.316 e. The zero-order valence-corrected chi connectivity index (χ0v) is 17.3. The molecule has 0 atom stereocenters. The summed E-state index contributed by atoms with van der Waals surface area (Å²) in [4.78, 5) is 25.8. The van der Waals surface area contributed by atoms with Crippen molar-refractivity contribution < 1.29 is 14.3 Å². The van der Waals surface area contributed by atoms with Gasteiger partial charge < -0.3 is 4.74 Å². The van der Waals surface area contributed by atoms with Gasteiger partial charge in [0.25, 0.3) is 5.91 Å². The van der Waals surface area contributed by atoms with Crippen molar-refractivity contribution in [1.82, 2.24) is 0 Å². The fourth-order valence-electron chi connectivity index (χ4n) is 2.12. The fourth-order valence-corrected chi connectivity index (χ4v) is 3.45. The van der Waals surface area contributed by atoms with Gasteiger partial charge in [0.05, 0.1) is 28.6 Å². The third-order valence-electron chi connectivity index (χ3n) is 3.27. The van der Waals surface area contributed by atoms with Gasteiger partial charge in [0.1, 0.15) is 0 Å². The summed E-state index contributed by atoms with van der Waals surface area (Å²) in [6, 6.07) is 10.9. The fraction of sp³-hybridized carbons (Fsp3) is 0.167. The number of nitrogens with zero attached hydrogens (tertiary/aromatic N) is 1. The van der Waals surface area contributed by atoms with E-state index in [1.54, 1.807) is 31.2 Å². The van der Waals surface area contributed by atoms with E-state index in [0.717, 1.165) is 16.7 Å². The first-order valence-electron chi connectivity index (χ1n) is 7.75. The standard InChI is InChI=1S/C18H15Cl3N2O3S/c1-2-26-16(24)10-27-18(22)23(13-5-3-4-11(19)8-13)17(25)14-7-6-12(20)9-15(14)21/h3-9,22H,2,10H2,1H3. The van der Waals surface area contributed by atoms with Gasteiger partial charge >= 0.3 is 5.97 Å². The summed E-state index contributed by atoms with van der Waals surface area (Å²) in [6.07, 6.45) is 0. The van der Waals surface area contributed by atoms with Gasteiger partial charge in [-0.3, -0.25) is 19.9 Å². The van der Waals surface area contributed by atoms with Crippen LogP contribution in [0, 0.1) is 5.41 Å². The van der Waals surface area contributed by atoms with E-state index in [9.17, 15) is 9.59 Å². The van der Waals surface area contributed by atoms with Crippen LogP contribution in [0.4, 0.5) is 5.69 Å². The van der Waals surface area contributed by atoms with E-state index in [0.29, 0.717) is 15.7 Å². The Balaban J connectivity index is 2.36. The Bertz CT molecular complexity index is 877. The Morgan fingerprint density at radius 1 is 1.11 bits per heavy atom. The average molecular weight is 446 g/mol. The van der Waals surface area contributed by atoms with Crippen molar-refractivity contribution in [1.29, 1.82) is 5.41 Å². The topological polar surface area (TPSA) is 70.5 Å². The first-order valence-corrected chi connectivity index (χ1v) is 9.87. The average Bonchev–Trinajstić information content (AvgIpc) is 2.60. The number of ether oxygens (including phenoxy) is 1. The van der Waals surface area contributed by atoms with Gasteiger partial charge in [-0.2, -0.15) is 0 Å². The molecule has 0 unspecified atom stereocenters. The summed E-state index contributed by atoms with van der Waals surface area (Å²) >= 11 is 18.9. The zero-order chi connectivity index (χ0) is 20.0. The van der Waals surface area contributed by atoms with Crippen LogP contribution in [0.25, 0.3) is 0 Å². The Morgan fingerprint density at radius 3 is 2.44 bits per heavy atom. The van der Waals surface area contributed by atoms with E-state index in [-0.39, 0.29) is 28.1 Å². The molecule has 0 spiro atoms. The third-order valence-corrected chi connectivity index (χ3v) is 4.89. The molecule has 1 N–H and O–H groups in total. The number of amidine groups is 1. The lowest BCUT2D eigenvalue weighted by atomic mass is 10.2. The van der Waals surface area contributed by atoms with E-state index in [1.165, 1.54) is 18.2 Å². The second kappa shape index (κ2) is 9.99. The van der Waals surface area contributed by atoms with Crippen molar-refractivity contribution in [2.75, 3.05) is 17.3 Å². The normalized spacial score (nSPS) is 10.4. The largest absolute Gasteiger partial charge is 0.465 e. The molecule has 0 aliphatic rings. The van der Waals surface area contributed by atoms with Gasteiger partial charge in [-0.1, -0.05) is 52.6 Å². The SMILES string of the molecule is CCOC(=O)CSC(=N)N(C(=O)c1ccc(Cl)cc1Cl)c1cccc(Cl)c1. The number of benzene rings is 2. The van der Waals surface area contributed by atoms with Crippen molar-refractivity contribution in [3.8, 4) is 0 Å². The number of amides is 1. The number of halogens is 3. The van der Waals surface area contributed by atoms with Gasteiger partial charge in [-0.25, -0.2) is 0 Å². The summed E-state index contributed by atoms with van der Waals surface area (Å²) < 4.78 is 4.86. The quantitative estimate of drug-likeness (QED) is 0.373. The third kappa shape index (κ3) is 5.87. The molecular formula is C18H15Cl3N2O3S. The minimum Gasteiger partial charge on any atom is -0.465 e. The van der Waals surface area contributed by atoms with Crippen LogP contribution in [-0.2, 0) is 9.53 Å². The molecule has 0 aromatic heterocycles. The highest BCUT2D eigenvalue weighted by Crippen LogP contribution is 2.28. The lowest BCUT2D eigenvalue weighted by molar-refractivity contribution is -0.139. The van der Waals surface area contributed by atoms with Gasteiger partial charge in [-0.05, 0) is 43.3 Å². The van der Waals surface area contributed by atoms with Crippen LogP contribution < -0.4 is 4.90 Å². The second-order valence-corrected chi connectivity index (χ2v) is 7.39. The Hall–Kier alpha value is -1.73. The molecule has 0 aliphatic heterocycles. The number of rotatable bonds is 5. The number of anilines is 1. The minimum atomic E-state index is -0.541. The van der Waals surface area contributed by atoms with Gasteiger partial charge in [-0.15, -0.1) is 0 Å². The second-order valence-electron chi connectivity index (χ2n) is 5.14. The molecule has 0 aliphatic carbocycles. The van der Waals surface area contributed by atoms with Crippen LogP contribution in [0.2, 0.25) is 15.1 Å². The van der Waals surface area contributed by atoms with Gasteiger partial charge in [0.2, 0.25) is 0 Å². The van der Waals surface area contributed by atoms with E-state index in [4.69, 9.17) is 44.9 Å². The van der Waals surface area contributed by atoms with E-state index >= 15 is 0 Å². The number of carbonyl (C=O) groups is 2.